The summed E-state index contributed by atoms with van der Waals surface area (Å²) in [5.74, 6) is -2.97. The number of hydrogen-bond acceptors (Lipinski definition) is 3. The van der Waals surface area contributed by atoms with Crippen LogP contribution >= 0.6 is 0 Å². The van der Waals surface area contributed by atoms with Crippen LogP contribution in [0.4, 0.5) is 0 Å². The largest absolute Gasteiger partial charge is 0.481 e. The molecule has 0 aromatic rings. The number of rotatable bonds is 25. The molecule has 0 heterocycles. The summed E-state index contributed by atoms with van der Waals surface area (Å²) >= 11 is 0. The molecule has 0 saturated heterocycles. The van der Waals surface area contributed by atoms with Gasteiger partial charge in [-0.2, -0.15) is 0 Å². The first-order valence-electron chi connectivity index (χ1n) is 13.3. The normalized spacial score (nSPS) is 11.5. The average molecular weight is 473 g/mol. The molecular formula is C26H50NO6+. The monoisotopic (exact) mass is 472 g/mol. The lowest BCUT2D eigenvalue weighted by Gasteiger charge is -2.36. The molecule has 7 heteroatoms. The summed E-state index contributed by atoms with van der Waals surface area (Å²) in [5.41, 5.74) is 0. The summed E-state index contributed by atoms with van der Waals surface area (Å²) in [6.07, 6.45) is 19.8. The lowest BCUT2D eigenvalue weighted by atomic mass is 10.0. The first kappa shape index (κ1) is 31.4. The first-order valence-corrected chi connectivity index (χ1v) is 13.3. The van der Waals surface area contributed by atoms with Crippen molar-refractivity contribution in [2.24, 2.45) is 0 Å². The first-order chi connectivity index (χ1) is 15.8. The molecule has 0 rings (SSSR count). The number of carboxylic acids is 3. The van der Waals surface area contributed by atoms with Crippen molar-refractivity contribution in [2.75, 3.05) is 26.2 Å². The summed E-state index contributed by atoms with van der Waals surface area (Å²) in [7, 11) is 0. The van der Waals surface area contributed by atoms with E-state index in [1.165, 1.54) is 83.5 Å². The van der Waals surface area contributed by atoms with Gasteiger partial charge in [0.05, 0.1) is 32.5 Å². The molecule has 0 spiro atoms. The van der Waals surface area contributed by atoms with Gasteiger partial charge in [-0.1, -0.05) is 96.8 Å². The van der Waals surface area contributed by atoms with Crippen molar-refractivity contribution >= 4 is 17.9 Å². The predicted molar refractivity (Wildman–Crippen MR) is 131 cm³/mol. The molecule has 3 N–H and O–H groups in total. The quantitative estimate of drug-likeness (QED) is 0.109. The highest BCUT2D eigenvalue weighted by Gasteiger charge is 2.31. The van der Waals surface area contributed by atoms with Gasteiger partial charge in [0.2, 0.25) is 0 Å². The highest BCUT2D eigenvalue weighted by atomic mass is 16.4. The van der Waals surface area contributed by atoms with Gasteiger partial charge in [0.25, 0.3) is 0 Å². The van der Waals surface area contributed by atoms with Gasteiger partial charge < -0.3 is 19.8 Å². The van der Waals surface area contributed by atoms with E-state index in [-0.39, 0.29) is 37.0 Å². The maximum atomic E-state index is 11.4. The SMILES string of the molecule is CCCCCCCCCCCCCCCCCC[N+](CCC(=O)O)(CCC(=O)O)CC(=O)O. The second-order valence-electron chi connectivity index (χ2n) is 9.66. The van der Waals surface area contributed by atoms with Gasteiger partial charge in [-0.3, -0.25) is 9.59 Å². The van der Waals surface area contributed by atoms with Gasteiger partial charge >= 0.3 is 17.9 Å². The molecule has 0 aliphatic rings. The Kier molecular flexibility index (Phi) is 19.9. The fraction of sp³-hybridized carbons (Fsp3) is 0.885. The standard InChI is InChI=1S/C26H49NO6/c1-2-3-4-5-6-7-8-9-10-11-12-13-14-15-16-17-20-27(23-26(32)33,21-18-24(28)29)22-19-25(30)31/h2-23H2,1H3,(H2-,28,29,30,31,32,33)/p+1. The molecule has 0 aromatic carbocycles. The Morgan fingerprint density at radius 1 is 0.485 bits per heavy atom. The predicted octanol–water partition coefficient (Wildman–Crippen LogP) is 6.10. The number of nitrogens with zero attached hydrogens (tertiary/aromatic N) is 1. The van der Waals surface area contributed by atoms with Crippen molar-refractivity contribution in [3.63, 3.8) is 0 Å². The highest BCUT2D eigenvalue weighted by Crippen LogP contribution is 2.16. The van der Waals surface area contributed by atoms with Crippen LogP contribution in [0.25, 0.3) is 0 Å². The minimum atomic E-state index is -1.01. The summed E-state index contributed by atoms with van der Waals surface area (Å²) in [6, 6.07) is 0. The number of quaternary nitrogens is 1. The maximum Gasteiger partial charge on any atom is 0.359 e. The number of aliphatic carboxylic acids is 3. The second kappa shape index (κ2) is 20.9. The van der Waals surface area contributed by atoms with E-state index < -0.39 is 17.9 Å². The molecule has 0 bridgehead atoms. The fourth-order valence-corrected chi connectivity index (χ4v) is 4.52. The van der Waals surface area contributed by atoms with E-state index in [2.05, 4.69) is 6.92 Å². The molecule has 0 fully saturated rings. The van der Waals surface area contributed by atoms with Crippen LogP contribution in [-0.2, 0) is 14.4 Å². The molecule has 0 saturated carbocycles. The zero-order valence-corrected chi connectivity index (χ0v) is 21.1. The Morgan fingerprint density at radius 2 is 0.818 bits per heavy atom. The third-order valence-corrected chi connectivity index (χ3v) is 6.56. The minimum Gasteiger partial charge on any atom is -0.481 e. The van der Waals surface area contributed by atoms with Crippen molar-refractivity contribution in [1.29, 1.82) is 0 Å². The van der Waals surface area contributed by atoms with Gasteiger partial charge in [-0.25, -0.2) is 4.79 Å². The summed E-state index contributed by atoms with van der Waals surface area (Å²) in [4.78, 5) is 33.4. The zero-order chi connectivity index (χ0) is 24.8. The van der Waals surface area contributed by atoms with E-state index in [9.17, 15) is 19.5 Å². The van der Waals surface area contributed by atoms with Crippen molar-refractivity contribution in [1.82, 2.24) is 0 Å². The molecule has 0 radical (unpaired) electrons. The van der Waals surface area contributed by atoms with Gasteiger partial charge in [0, 0.05) is 0 Å². The molecule has 0 atom stereocenters. The van der Waals surface area contributed by atoms with Crippen LogP contribution in [0.2, 0.25) is 0 Å². The molecule has 0 unspecified atom stereocenters. The van der Waals surface area contributed by atoms with Crippen LogP contribution in [0, 0.1) is 0 Å². The number of carbonyl (C=O) groups is 3. The highest BCUT2D eigenvalue weighted by molar-refractivity contribution is 5.69. The fourth-order valence-electron chi connectivity index (χ4n) is 4.52. The summed E-state index contributed by atoms with van der Waals surface area (Å²) in [6.45, 7) is 2.87. The van der Waals surface area contributed by atoms with E-state index in [4.69, 9.17) is 10.2 Å². The second-order valence-corrected chi connectivity index (χ2v) is 9.66. The Labute approximate surface area is 201 Å². The van der Waals surface area contributed by atoms with Gasteiger partial charge in [0.15, 0.2) is 6.54 Å². The Hall–Kier alpha value is -1.63. The molecule has 194 valence electrons. The minimum absolute atomic E-state index is 0.0343. The lowest BCUT2D eigenvalue weighted by Crippen LogP contribution is -2.54. The van der Waals surface area contributed by atoms with Crippen LogP contribution in [0.5, 0.6) is 0 Å². The summed E-state index contributed by atoms with van der Waals surface area (Å²) in [5, 5.41) is 27.4. The number of carboxylic acid groups (broad SMARTS) is 3. The van der Waals surface area contributed by atoms with E-state index >= 15 is 0 Å². The van der Waals surface area contributed by atoms with E-state index in [1.54, 1.807) is 0 Å². The van der Waals surface area contributed by atoms with Crippen LogP contribution in [-0.4, -0.2) is 63.9 Å². The number of hydrogen-bond donors (Lipinski definition) is 3. The molecule has 0 aliphatic heterocycles. The molecule has 7 nitrogen and oxygen atoms in total. The zero-order valence-electron chi connectivity index (χ0n) is 21.1. The molecular weight excluding hydrogens is 422 g/mol. The lowest BCUT2D eigenvalue weighted by molar-refractivity contribution is -0.920. The van der Waals surface area contributed by atoms with Gasteiger partial charge in [-0.15, -0.1) is 0 Å². The average Bonchev–Trinajstić information content (AvgIpc) is 2.75. The van der Waals surface area contributed by atoms with Crippen molar-refractivity contribution in [2.45, 2.75) is 122 Å². The third-order valence-electron chi connectivity index (χ3n) is 6.56. The van der Waals surface area contributed by atoms with Crippen LogP contribution < -0.4 is 0 Å². The van der Waals surface area contributed by atoms with E-state index in [0.717, 1.165) is 19.3 Å². The smallest absolute Gasteiger partial charge is 0.359 e. The van der Waals surface area contributed by atoms with Crippen LogP contribution in [0.15, 0.2) is 0 Å². The van der Waals surface area contributed by atoms with E-state index in [0.29, 0.717) is 6.54 Å². The Balaban J connectivity index is 3.96. The van der Waals surface area contributed by atoms with Crippen LogP contribution in [0.1, 0.15) is 122 Å². The van der Waals surface area contributed by atoms with E-state index in [1.807, 2.05) is 0 Å². The molecule has 33 heavy (non-hydrogen) atoms. The maximum absolute atomic E-state index is 11.4. The van der Waals surface area contributed by atoms with Crippen molar-refractivity contribution in [3.05, 3.63) is 0 Å². The van der Waals surface area contributed by atoms with Gasteiger partial charge in [0.1, 0.15) is 0 Å². The summed E-state index contributed by atoms with van der Waals surface area (Å²) < 4.78 is 0.0343. The van der Waals surface area contributed by atoms with Crippen molar-refractivity contribution in [3.8, 4) is 0 Å². The number of unbranched alkanes of at least 4 members (excludes halogenated alkanes) is 15. The molecule has 0 amide bonds. The van der Waals surface area contributed by atoms with Crippen molar-refractivity contribution < 1.29 is 34.2 Å². The third kappa shape index (κ3) is 20.7. The Morgan fingerprint density at radius 3 is 1.12 bits per heavy atom. The molecule has 0 aliphatic carbocycles. The van der Waals surface area contributed by atoms with Crippen LogP contribution in [0.3, 0.4) is 0 Å². The Bertz CT molecular complexity index is 505. The molecule has 0 aromatic heterocycles. The van der Waals surface area contributed by atoms with Gasteiger partial charge in [-0.05, 0) is 12.8 Å². The topological polar surface area (TPSA) is 112 Å².